The molecule has 8 nitrogen and oxygen atoms in total. The standard InChI is InChI=1S/C59H98O8/c1-4-7-10-13-16-19-22-25-27-29-32-35-38-41-44-50-57(60)64-53-56(66-59(62)52-45-42-39-36-33-30-28-26-23-20-17-14-11-8-5-2)54-65-58(61)51-47-46-49-55(67-63)48-43-40-37-34-31-24-21-18-15-12-9-6-3/h16-17,19-20,25-28,40,43,46-49,51,56,63H,4-15,18,21-24,29-39,41-42,44-45,50,52-54H2,1-3H3/b19-16-,20-17-,27-25-,28-26-,43-40?,49-46?,51-47?,55-48?. The molecule has 1 atom stereocenters. The summed E-state index contributed by atoms with van der Waals surface area (Å²) in [6, 6.07) is 0. The van der Waals surface area contributed by atoms with Crippen LogP contribution in [0.25, 0.3) is 0 Å². The molecule has 0 radical (unpaired) electrons. The largest absolute Gasteiger partial charge is 0.462 e. The van der Waals surface area contributed by atoms with Crippen LogP contribution in [0.15, 0.2) is 96.9 Å². The summed E-state index contributed by atoms with van der Waals surface area (Å²) >= 11 is 0. The van der Waals surface area contributed by atoms with E-state index in [2.05, 4.69) is 80.3 Å². The zero-order valence-corrected chi connectivity index (χ0v) is 43.0. The van der Waals surface area contributed by atoms with Crippen LogP contribution in [-0.4, -0.2) is 42.5 Å². The molecule has 0 bridgehead atoms. The number of allylic oxidation sites excluding steroid dienone is 14. The van der Waals surface area contributed by atoms with Gasteiger partial charge in [-0.2, -0.15) is 0 Å². The average Bonchev–Trinajstić information content (AvgIpc) is 3.33. The van der Waals surface area contributed by atoms with Crippen molar-refractivity contribution in [2.75, 3.05) is 13.2 Å². The van der Waals surface area contributed by atoms with Gasteiger partial charge in [-0.25, -0.2) is 10.1 Å². The highest BCUT2D eigenvalue weighted by molar-refractivity contribution is 5.82. The summed E-state index contributed by atoms with van der Waals surface area (Å²) in [5.41, 5.74) is 0. The molecule has 0 aliphatic heterocycles. The highest BCUT2D eigenvalue weighted by Gasteiger charge is 2.19. The molecule has 1 N–H and O–H groups in total. The summed E-state index contributed by atoms with van der Waals surface area (Å²) < 4.78 is 16.5. The summed E-state index contributed by atoms with van der Waals surface area (Å²) in [6.45, 7) is 6.27. The Hall–Kier alpha value is -3.91. The second kappa shape index (κ2) is 53.1. The Labute approximate surface area is 410 Å². The minimum Gasteiger partial charge on any atom is -0.462 e. The summed E-state index contributed by atoms with van der Waals surface area (Å²) in [5.74, 6) is -1.18. The van der Waals surface area contributed by atoms with E-state index in [4.69, 9.17) is 14.2 Å². The van der Waals surface area contributed by atoms with Crippen molar-refractivity contribution in [3.63, 3.8) is 0 Å². The Morgan fingerprint density at radius 3 is 1.30 bits per heavy atom. The Kier molecular flexibility index (Phi) is 50.0. The van der Waals surface area contributed by atoms with E-state index in [1.807, 2.05) is 6.08 Å². The van der Waals surface area contributed by atoms with Gasteiger partial charge in [-0.15, -0.1) is 0 Å². The minimum absolute atomic E-state index is 0.182. The van der Waals surface area contributed by atoms with Crippen molar-refractivity contribution >= 4 is 17.9 Å². The van der Waals surface area contributed by atoms with Crippen molar-refractivity contribution in [3.8, 4) is 0 Å². The number of carbonyl (C=O) groups excluding carboxylic acids is 3. The third-order valence-electron chi connectivity index (χ3n) is 11.4. The Morgan fingerprint density at radius 1 is 0.418 bits per heavy atom. The quantitative estimate of drug-likeness (QED) is 0.00740. The lowest BCUT2D eigenvalue weighted by Gasteiger charge is -2.18. The van der Waals surface area contributed by atoms with Crippen LogP contribution in [0, 0.1) is 0 Å². The van der Waals surface area contributed by atoms with E-state index in [9.17, 15) is 19.6 Å². The molecule has 0 aromatic rings. The second-order valence-corrected chi connectivity index (χ2v) is 17.8. The first kappa shape index (κ1) is 63.1. The molecule has 382 valence electrons. The Morgan fingerprint density at radius 2 is 0.806 bits per heavy atom. The first-order valence-electron chi connectivity index (χ1n) is 27.1. The molecular formula is C59H98O8. The van der Waals surface area contributed by atoms with Crippen LogP contribution in [0.4, 0.5) is 0 Å². The highest BCUT2D eigenvalue weighted by Crippen LogP contribution is 2.13. The molecule has 0 amide bonds. The maximum absolute atomic E-state index is 12.8. The van der Waals surface area contributed by atoms with Gasteiger partial charge in [0.15, 0.2) is 11.9 Å². The van der Waals surface area contributed by atoms with Crippen LogP contribution < -0.4 is 0 Å². The molecule has 0 aliphatic rings. The number of esters is 3. The van der Waals surface area contributed by atoms with Gasteiger partial charge in [-0.05, 0) is 102 Å². The molecule has 0 rings (SSSR count). The van der Waals surface area contributed by atoms with Crippen LogP contribution in [-0.2, 0) is 33.5 Å². The smallest absolute Gasteiger partial charge is 0.330 e. The number of carbonyl (C=O) groups is 3. The van der Waals surface area contributed by atoms with Crippen molar-refractivity contribution in [2.45, 2.75) is 245 Å². The van der Waals surface area contributed by atoms with E-state index in [1.165, 1.54) is 121 Å². The van der Waals surface area contributed by atoms with Gasteiger partial charge >= 0.3 is 17.9 Å². The summed E-state index contributed by atoms with van der Waals surface area (Å²) in [7, 11) is 0. The molecule has 8 heteroatoms. The van der Waals surface area contributed by atoms with Gasteiger partial charge < -0.3 is 19.1 Å². The summed E-state index contributed by atoms with van der Waals surface area (Å²) in [4.78, 5) is 42.5. The first-order chi connectivity index (χ1) is 33.0. The van der Waals surface area contributed by atoms with Crippen molar-refractivity contribution < 1.29 is 38.7 Å². The first-order valence-corrected chi connectivity index (χ1v) is 27.1. The van der Waals surface area contributed by atoms with Gasteiger partial charge in [0.25, 0.3) is 0 Å². The number of ether oxygens (including phenoxy) is 3. The predicted octanol–water partition coefficient (Wildman–Crippen LogP) is 17.6. The third-order valence-corrected chi connectivity index (χ3v) is 11.4. The second-order valence-electron chi connectivity index (χ2n) is 17.8. The van der Waals surface area contributed by atoms with Crippen molar-refractivity contribution in [1.82, 2.24) is 0 Å². The van der Waals surface area contributed by atoms with E-state index in [-0.39, 0.29) is 37.8 Å². The van der Waals surface area contributed by atoms with Gasteiger partial charge in [0.2, 0.25) is 0 Å². The minimum atomic E-state index is -0.911. The fourth-order valence-corrected chi connectivity index (χ4v) is 7.24. The SMILES string of the molecule is CCCCC/C=C\C/C=C\CCCCCCCC(=O)OCC(COC(=O)C=CC=CC(=CC=CCCCCCCCCCCC)OO)OC(=O)CCCCCCC/C=C\C/C=C\CCCCC. The molecule has 0 fully saturated rings. The van der Waals surface area contributed by atoms with Crippen molar-refractivity contribution in [2.24, 2.45) is 0 Å². The predicted molar refractivity (Wildman–Crippen MR) is 282 cm³/mol. The molecule has 0 saturated carbocycles. The van der Waals surface area contributed by atoms with Crippen molar-refractivity contribution in [3.05, 3.63) is 96.9 Å². The maximum Gasteiger partial charge on any atom is 0.330 e. The lowest BCUT2D eigenvalue weighted by molar-refractivity contribution is -0.198. The normalized spacial score (nSPS) is 12.9. The molecule has 0 heterocycles. The zero-order valence-electron chi connectivity index (χ0n) is 43.0. The van der Waals surface area contributed by atoms with E-state index in [1.54, 1.807) is 12.2 Å². The Balaban J connectivity index is 4.77. The van der Waals surface area contributed by atoms with E-state index in [0.717, 1.165) is 96.3 Å². The highest BCUT2D eigenvalue weighted by atomic mass is 17.1. The van der Waals surface area contributed by atoms with Gasteiger partial charge in [0, 0.05) is 18.9 Å². The zero-order chi connectivity index (χ0) is 48.8. The van der Waals surface area contributed by atoms with Crippen molar-refractivity contribution in [1.29, 1.82) is 0 Å². The lowest BCUT2D eigenvalue weighted by Crippen LogP contribution is -2.30. The number of hydrogen-bond acceptors (Lipinski definition) is 8. The number of hydrogen-bond donors (Lipinski definition) is 1. The van der Waals surface area contributed by atoms with Gasteiger partial charge in [-0.1, -0.05) is 209 Å². The number of unbranched alkanes of at least 4 members (excludes halogenated alkanes) is 25. The molecule has 0 aliphatic carbocycles. The van der Waals surface area contributed by atoms with Gasteiger partial charge in [0.05, 0.1) is 0 Å². The molecule has 0 spiro atoms. The molecular weight excluding hydrogens is 837 g/mol. The summed E-state index contributed by atoms with van der Waals surface area (Å²) in [6.07, 6.45) is 65.6. The average molecular weight is 935 g/mol. The maximum atomic E-state index is 12.8. The van der Waals surface area contributed by atoms with Crippen LogP contribution >= 0.6 is 0 Å². The Bertz CT molecular complexity index is 1380. The van der Waals surface area contributed by atoms with Gasteiger partial charge in [-0.3, -0.25) is 9.59 Å². The fraction of sp³-hybridized carbons (Fsp3) is 0.678. The summed E-state index contributed by atoms with van der Waals surface area (Å²) in [5, 5.41) is 9.28. The monoisotopic (exact) mass is 935 g/mol. The van der Waals surface area contributed by atoms with Crippen LogP contribution in [0.5, 0.6) is 0 Å². The topological polar surface area (TPSA) is 108 Å². The molecule has 1 unspecified atom stereocenters. The van der Waals surface area contributed by atoms with E-state index in [0.29, 0.717) is 6.42 Å². The number of rotatable bonds is 48. The van der Waals surface area contributed by atoms with Crippen LogP contribution in [0.3, 0.4) is 0 Å². The van der Waals surface area contributed by atoms with Crippen LogP contribution in [0.1, 0.15) is 239 Å². The third kappa shape index (κ3) is 49.8. The van der Waals surface area contributed by atoms with Gasteiger partial charge in [0.1, 0.15) is 13.2 Å². The molecule has 0 aromatic carbocycles. The molecule has 67 heavy (non-hydrogen) atoms. The molecule has 0 saturated heterocycles. The lowest BCUT2D eigenvalue weighted by atomic mass is 10.1. The fourth-order valence-electron chi connectivity index (χ4n) is 7.24. The van der Waals surface area contributed by atoms with E-state index >= 15 is 0 Å². The van der Waals surface area contributed by atoms with Crippen LogP contribution in [0.2, 0.25) is 0 Å². The molecule has 0 aromatic heterocycles. The van der Waals surface area contributed by atoms with E-state index < -0.39 is 18.0 Å².